The van der Waals surface area contributed by atoms with Crippen molar-refractivity contribution in [3.63, 3.8) is 0 Å². The van der Waals surface area contributed by atoms with Gasteiger partial charge in [-0.3, -0.25) is 14.8 Å². The van der Waals surface area contributed by atoms with Gasteiger partial charge in [-0.15, -0.1) is 0 Å². The van der Waals surface area contributed by atoms with Crippen LogP contribution in [0.5, 0.6) is 5.06 Å². The number of rotatable bonds is 6. The van der Waals surface area contributed by atoms with E-state index in [0.717, 1.165) is 17.0 Å². The maximum absolute atomic E-state index is 12.8. The van der Waals surface area contributed by atoms with Gasteiger partial charge in [-0.2, -0.15) is 0 Å². The molecule has 0 radical (unpaired) electrons. The van der Waals surface area contributed by atoms with Gasteiger partial charge in [-0.25, -0.2) is 9.78 Å². The highest BCUT2D eigenvalue weighted by Crippen LogP contribution is 2.40. The number of halogens is 2. The Hall–Kier alpha value is -2.93. The van der Waals surface area contributed by atoms with Crippen molar-refractivity contribution < 1.29 is 24.2 Å². The van der Waals surface area contributed by atoms with Gasteiger partial charge in [0, 0.05) is 32.1 Å². The molecule has 0 saturated carbocycles. The molecule has 186 valence electrons. The first-order chi connectivity index (χ1) is 16.7. The Morgan fingerprint density at radius 1 is 1.26 bits per heavy atom. The number of aryl methyl sites for hydroxylation is 2. The van der Waals surface area contributed by atoms with Crippen LogP contribution in [-0.2, 0) is 4.74 Å². The molecule has 4 heterocycles. The maximum Gasteiger partial charge on any atom is 0.512 e. The Morgan fingerprint density at radius 2 is 2.03 bits per heavy atom. The number of nitrogens with one attached hydrogen (secondary N) is 2. The average Bonchev–Trinajstić information content (AvgIpc) is 3.35. The number of ether oxygens (including phenoxy) is 2. The van der Waals surface area contributed by atoms with Gasteiger partial charge in [-0.05, 0) is 20.3 Å². The zero-order chi connectivity index (χ0) is 25.3. The van der Waals surface area contributed by atoms with Gasteiger partial charge in [0.1, 0.15) is 17.1 Å². The molecule has 3 aromatic rings. The zero-order valence-electron chi connectivity index (χ0n) is 19.0. The first-order valence-electron chi connectivity index (χ1n) is 10.5. The number of H-pyrrole nitrogens is 1. The zero-order valence-corrected chi connectivity index (χ0v) is 21.3. The van der Waals surface area contributed by atoms with Crippen LogP contribution in [0, 0.1) is 13.8 Å². The Morgan fingerprint density at radius 3 is 2.63 bits per heavy atom. The molecule has 14 heteroatoms. The summed E-state index contributed by atoms with van der Waals surface area (Å²) in [6.07, 6.45) is 1.81. The summed E-state index contributed by atoms with van der Waals surface area (Å²) < 4.78 is 10.6. The Bertz CT molecular complexity index is 1250. The van der Waals surface area contributed by atoms with Crippen LogP contribution in [0.25, 0.3) is 11.4 Å². The molecular formula is C21H22Cl2N6O5S. The first kappa shape index (κ1) is 25.2. The van der Waals surface area contributed by atoms with Crippen LogP contribution in [0.2, 0.25) is 10.0 Å². The monoisotopic (exact) mass is 540 g/mol. The SMILES string of the molecule is CO[C@H]1CN(c2nc(-c3cnc(C)cn3)c(OC(=O)O)s2)CC[C@H]1NC(=O)c1[nH]c(C)c(Cl)c1Cl. The third-order valence-electron chi connectivity index (χ3n) is 5.52. The van der Waals surface area contributed by atoms with Crippen LogP contribution in [0.4, 0.5) is 9.93 Å². The van der Waals surface area contributed by atoms with E-state index in [1.54, 1.807) is 27.2 Å². The van der Waals surface area contributed by atoms with E-state index in [0.29, 0.717) is 41.1 Å². The molecular weight excluding hydrogens is 519 g/mol. The number of anilines is 1. The van der Waals surface area contributed by atoms with E-state index in [9.17, 15) is 9.59 Å². The second-order valence-electron chi connectivity index (χ2n) is 7.89. The summed E-state index contributed by atoms with van der Waals surface area (Å²) in [5.41, 5.74) is 2.22. The van der Waals surface area contributed by atoms with Crippen molar-refractivity contribution in [2.75, 3.05) is 25.1 Å². The topological polar surface area (TPSA) is 143 Å². The molecule has 3 aromatic heterocycles. The number of aromatic nitrogens is 4. The van der Waals surface area contributed by atoms with Crippen molar-refractivity contribution >= 4 is 51.7 Å². The predicted octanol–water partition coefficient (Wildman–Crippen LogP) is 3.93. The fraction of sp³-hybridized carbons (Fsp3) is 0.381. The second kappa shape index (κ2) is 10.4. The summed E-state index contributed by atoms with van der Waals surface area (Å²) in [5.74, 6) is -0.378. The standard InChI is InChI=1S/C21H22Cl2N6O5S/c1-9-6-25-12(7-24-9)16-19(34-21(31)32)35-20(28-16)29-5-4-11(13(8-29)33-3)27-18(30)17-15(23)14(22)10(2)26-17/h6-7,11,13,26H,4-5,8H2,1-3H3,(H,27,30)(H,31,32)/t11-,13+/m1/s1. The maximum atomic E-state index is 12.8. The van der Waals surface area contributed by atoms with Gasteiger partial charge in [0.2, 0.25) is 5.06 Å². The molecule has 1 aliphatic heterocycles. The lowest BCUT2D eigenvalue weighted by Gasteiger charge is -2.37. The number of hydrogen-bond acceptors (Lipinski definition) is 9. The van der Waals surface area contributed by atoms with E-state index in [1.165, 1.54) is 6.20 Å². The number of piperidine rings is 1. The van der Waals surface area contributed by atoms with Crippen LogP contribution in [0.15, 0.2) is 12.4 Å². The summed E-state index contributed by atoms with van der Waals surface area (Å²) >= 11 is 13.4. The highest BCUT2D eigenvalue weighted by Gasteiger charge is 2.34. The molecule has 1 saturated heterocycles. The van der Waals surface area contributed by atoms with Crippen molar-refractivity contribution in [3.05, 3.63) is 39.5 Å². The third-order valence-corrected chi connectivity index (χ3v) is 7.46. The fourth-order valence-electron chi connectivity index (χ4n) is 3.72. The number of aromatic amines is 1. The molecule has 0 aromatic carbocycles. The van der Waals surface area contributed by atoms with Crippen molar-refractivity contribution in [1.29, 1.82) is 0 Å². The largest absolute Gasteiger partial charge is 0.512 e. The van der Waals surface area contributed by atoms with E-state index in [4.69, 9.17) is 37.8 Å². The Labute approximate surface area is 214 Å². The van der Waals surface area contributed by atoms with Gasteiger partial charge in [0.05, 0.1) is 34.1 Å². The van der Waals surface area contributed by atoms with Crippen molar-refractivity contribution in [2.45, 2.75) is 32.4 Å². The quantitative estimate of drug-likeness (QED) is 0.396. The van der Waals surface area contributed by atoms with Crippen LogP contribution >= 0.6 is 34.5 Å². The summed E-state index contributed by atoms with van der Waals surface area (Å²) in [6.45, 7) is 4.46. The number of methoxy groups -OCH3 is 1. The molecule has 0 bridgehead atoms. The molecule has 0 spiro atoms. The normalized spacial score (nSPS) is 17.9. The lowest BCUT2D eigenvalue weighted by Crippen LogP contribution is -2.55. The van der Waals surface area contributed by atoms with Crippen LogP contribution in [-0.4, -0.2) is 69.5 Å². The Kier molecular flexibility index (Phi) is 7.45. The van der Waals surface area contributed by atoms with Gasteiger partial charge in [0.25, 0.3) is 5.91 Å². The van der Waals surface area contributed by atoms with Crippen LogP contribution in [0.3, 0.4) is 0 Å². The van der Waals surface area contributed by atoms with Gasteiger partial charge < -0.3 is 29.8 Å². The van der Waals surface area contributed by atoms with Crippen molar-refractivity contribution in [1.82, 2.24) is 25.3 Å². The highest BCUT2D eigenvalue weighted by molar-refractivity contribution is 7.18. The molecule has 4 rings (SSSR count). The molecule has 3 N–H and O–H groups in total. The van der Waals surface area contributed by atoms with Crippen LogP contribution < -0.4 is 15.0 Å². The number of carboxylic acid groups (broad SMARTS) is 1. The molecule has 2 atom stereocenters. The summed E-state index contributed by atoms with van der Waals surface area (Å²) in [4.78, 5) is 42.0. The van der Waals surface area contributed by atoms with Gasteiger partial charge in [-0.1, -0.05) is 34.5 Å². The molecule has 0 aliphatic carbocycles. The number of amides is 1. The smallest absolute Gasteiger partial charge is 0.449 e. The van der Waals surface area contributed by atoms with E-state index in [2.05, 4.69) is 25.3 Å². The summed E-state index contributed by atoms with van der Waals surface area (Å²) in [6, 6.07) is -0.292. The lowest BCUT2D eigenvalue weighted by atomic mass is 10.0. The van der Waals surface area contributed by atoms with Crippen molar-refractivity contribution in [2.24, 2.45) is 0 Å². The Balaban J connectivity index is 1.52. The molecule has 1 fully saturated rings. The lowest BCUT2D eigenvalue weighted by molar-refractivity contribution is 0.0540. The van der Waals surface area contributed by atoms with E-state index in [-0.39, 0.29) is 39.5 Å². The number of hydrogen-bond donors (Lipinski definition) is 3. The number of thiazole rings is 1. The van der Waals surface area contributed by atoms with Crippen LogP contribution in [0.1, 0.15) is 28.3 Å². The number of carbonyl (C=O) groups excluding carboxylic acids is 1. The highest BCUT2D eigenvalue weighted by atomic mass is 35.5. The molecule has 35 heavy (non-hydrogen) atoms. The molecule has 0 unspecified atom stereocenters. The van der Waals surface area contributed by atoms with Crippen molar-refractivity contribution in [3.8, 4) is 16.5 Å². The molecule has 1 aliphatic rings. The third kappa shape index (κ3) is 5.35. The fourth-order valence-corrected chi connectivity index (χ4v) is 5.09. The van der Waals surface area contributed by atoms with Gasteiger partial charge >= 0.3 is 6.16 Å². The van der Waals surface area contributed by atoms with Gasteiger partial charge in [0.15, 0.2) is 5.13 Å². The predicted molar refractivity (Wildman–Crippen MR) is 131 cm³/mol. The second-order valence-corrected chi connectivity index (χ2v) is 9.58. The minimum Gasteiger partial charge on any atom is -0.449 e. The molecule has 11 nitrogen and oxygen atoms in total. The summed E-state index contributed by atoms with van der Waals surface area (Å²) in [7, 11) is 1.56. The first-order valence-corrected chi connectivity index (χ1v) is 12.1. The number of nitrogens with zero attached hydrogens (tertiary/aromatic N) is 4. The van der Waals surface area contributed by atoms with E-state index in [1.807, 2.05) is 4.90 Å². The average molecular weight is 541 g/mol. The van der Waals surface area contributed by atoms with E-state index >= 15 is 0 Å². The molecule has 1 amide bonds. The minimum absolute atomic E-state index is 0.101. The summed E-state index contributed by atoms with van der Waals surface area (Å²) in [5, 5.41) is 13.2. The van der Waals surface area contributed by atoms with E-state index < -0.39 is 6.16 Å². The minimum atomic E-state index is -1.45. The number of carbonyl (C=O) groups is 2.